The fraction of sp³-hybridized carbons (Fsp3) is 0.100. The van der Waals surface area contributed by atoms with Crippen LogP contribution in [0.1, 0.15) is 5.69 Å². The smallest absolute Gasteiger partial charge is 0.141 e. The van der Waals surface area contributed by atoms with Gasteiger partial charge in [0.15, 0.2) is 0 Å². The minimum Gasteiger partial charge on any atom is -0.353 e. The molecule has 1 aromatic carbocycles. The van der Waals surface area contributed by atoms with Gasteiger partial charge < -0.3 is 4.57 Å². The standard InChI is InChI=1S/C20H16N6S/c1-2-14-11-26(12-17(14)16(3-1)19-10-21-7-8-22-19)9-5-15-13-27-20(24-15)18-4-6-23-25-18/h1-4,6-8,10-13H,5,9H2,(H,23,25). The first kappa shape index (κ1) is 15.9. The summed E-state index contributed by atoms with van der Waals surface area (Å²) in [4.78, 5) is 13.3. The molecule has 0 atom stereocenters. The van der Waals surface area contributed by atoms with Gasteiger partial charge in [0.2, 0.25) is 0 Å². The Morgan fingerprint density at radius 1 is 1.07 bits per heavy atom. The van der Waals surface area contributed by atoms with E-state index < -0.39 is 0 Å². The Balaban J connectivity index is 1.38. The van der Waals surface area contributed by atoms with Crippen molar-refractivity contribution in [3.8, 4) is 22.0 Å². The van der Waals surface area contributed by atoms with Crippen LogP contribution in [-0.4, -0.2) is 29.7 Å². The largest absolute Gasteiger partial charge is 0.353 e. The zero-order valence-electron chi connectivity index (χ0n) is 14.4. The van der Waals surface area contributed by atoms with Crippen LogP contribution in [0.5, 0.6) is 0 Å². The lowest BCUT2D eigenvalue weighted by Crippen LogP contribution is -1.98. The number of aromatic nitrogens is 6. The Kier molecular flexibility index (Phi) is 3.99. The summed E-state index contributed by atoms with van der Waals surface area (Å²) >= 11 is 1.64. The third kappa shape index (κ3) is 3.13. The van der Waals surface area contributed by atoms with Crippen LogP contribution in [0.15, 0.2) is 66.8 Å². The van der Waals surface area contributed by atoms with Crippen LogP contribution < -0.4 is 0 Å². The zero-order chi connectivity index (χ0) is 18.1. The maximum atomic E-state index is 4.70. The third-order valence-electron chi connectivity index (χ3n) is 4.49. The topological polar surface area (TPSA) is 72.3 Å². The van der Waals surface area contributed by atoms with Crippen LogP contribution >= 0.6 is 11.3 Å². The Hall–Kier alpha value is -3.32. The molecule has 27 heavy (non-hydrogen) atoms. The Morgan fingerprint density at radius 3 is 2.93 bits per heavy atom. The molecule has 0 aliphatic rings. The zero-order valence-corrected chi connectivity index (χ0v) is 15.2. The molecule has 4 heterocycles. The van der Waals surface area contributed by atoms with E-state index in [2.05, 4.69) is 60.7 Å². The van der Waals surface area contributed by atoms with Crippen molar-refractivity contribution in [2.75, 3.05) is 0 Å². The Labute approximate surface area is 159 Å². The highest BCUT2D eigenvalue weighted by Gasteiger charge is 2.09. The molecular formula is C20H16N6S. The molecule has 0 fully saturated rings. The lowest BCUT2D eigenvalue weighted by Gasteiger charge is -2.01. The van der Waals surface area contributed by atoms with Crippen LogP contribution in [-0.2, 0) is 13.0 Å². The molecule has 0 aliphatic heterocycles. The van der Waals surface area contributed by atoms with Crippen molar-refractivity contribution in [1.82, 2.24) is 29.7 Å². The molecular weight excluding hydrogens is 356 g/mol. The van der Waals surface area contributed by atoms with Gasteiger partial charge in [-0.2, -0.15) is 5.10 Å². The molecule has 0 radical (unpaired) electrons. The van der Waals surface area contributed by atoms with Gasteiger partial charge in [-0.25, -0.2) is 4.98 Å². The summed E-state index contributed by atoms with van der Waals surface area (Å²) in [6.07, 6.45) is 12.2. The predicted molar refractivity (Wildman–Crippen MR) is 106 cm³/mol. The second-order valence-corrected chi connectivity index (χ2v) is 7.12. The highest BCUT2D eigenvalue weighted by Crippen LogP contribution is 2.28. The summed E-state index contributed by atoms with van der Waals surface area (Å²) in [5.74, 6) is 0. The first-order valence-electron chi connectivity index (χ1n) is 8.66. The molecule has 5 rings (SSSR count). The van der Waals surface area contributed by atoms with E-state index >= 15 is 0 Å². The summed E-state index contributed by atoms with van der Waals surface area (Å²) in [5.41, 5.74) is 4.06. The first-order chi connectivity index (χ1) is 13.4. The maximum absolute atomic E-state index is 4.70. The molecule has 0 aliphatic carbocycles. The van der Waals surface area contributed by atoms with E-state index in [9.17, 15) is 0 Å². The van der Waals surface area contributed by atoms with E-state index in [0.29, 0.717) is 0 Å². The molecule has 7 heteroatoms. The van der Waals surface area contributed by atoms with Crippen molar-refractivity contribution >= 4 is 22.1 Å². The van der Waals surface area contributed by atoms with E-state index in [1.54, 1.807) is 36.1 Å². The van der Waals surface area contributed by atoms with Crippen molar-refractivity contribution in [3.05, 3.63) is 72.5 Å². The molecule has 5 aromatic rings. The number of fused-ring (bicyclic) bond motifs is 1. The number of benzene rings is 1. The van der Waals surface area contributed by atoms with Crippen molar-refractivity contribution in [1.29, 1.82) is 0 Å². The molecule has 0 spiro atoms. The van der Waals surface area contributed by atoms with Gasteiger partial charge in [-0.3, -0.25) is 15.1 Å². The van der Waals surface area contributed by atoms with Gasteiger partial charge in [0, 0.05) is 65.7 Å². The third-order valence-corrected chi connectivity index (χ3v) is 5.41. The number of H-pyrrole nitrogens is 1. The lowest BCUT2D eigenvalue weighted by molar-refractivity contribution is 0.695. The molecule has 132 valence electrons. The van der Waals surface area contributed by atoms with E-state index in [1.165, 1.54) is 10.8 Å². The molecule has 6 nitrogen and oxygen atoms in total. The van der Waals surface area contributed by atoms with Crippen LogP contribution in [0.4, 0.5) is 0 Å². The molecule has 4 aromatic heterocycles. The predicted octanol–water partition coefficient (Wildman–Crippen LogP) is 4.19. The monoisotopic (exact) mass is 372 g/mol. The first-order valence-corrected chi connectivity index (χ1v) is 9.54. The van der Waals surface area contributed by atoms with Crippen molar-refractivity contribution in [3.63, 3.8) is 0 Å². The van der Waals surface area contributed by atoms with Gasteiger partial charge in [-0.15, -0.1) is 11.3 Å². The van der Waals surface area contributed by atoms with Crippen molar-refractivity contribution in [2.24, 2.45) is 0 Å². The summed E-state index contributed by atoms with van der Waals surface area (Å²) < 4.78 is 2.22. The van der Waals surface area contributed by atoms with Gasteiger partial charge in [0.1, 0.15) is 5.01 Å². The van der Waals surface area contributed by atoms with Crippen LogP contribution in [0.2, 0.25) is 0 Å². The van der Waals surface area contributed by atoms with Crippen LogP contribution in [0.25, 0.3) is 32.7 Å². The minimum atomic E-state index is 0.876. The van der Waals surface area contributed by atoms with Crippen LogP contribution in [0.3, 0.4) is 0 Å². The number of rotatable bonds is 5. The van der Waals surface area contributed by atoms with Gasteiger partial charge in [0.25, 0.3) is 0 Å². The summed E-state index contributed by atoms with van der Waals surface area (Å²) in [7, 11) is 0. The molecule has 0 bridgehead atoms. The van der Waals surface area contributed by atoms with Crippen molar-refractivity contribution in [2.45, 2.75) is 13.0 Å². The second kappa shape index (κ2) is 6.77. The number of aryl methyl sites for hydroxylation is 2. The normalized spacial score (nSPS) is 11.3. The van der Waals surface area contributed by atoms with Gasteiger partial charge in [-0.05, 0) is 6.07 Å². The highest BCUT2D eigenvalue weighted by molar-refractivity contribution is 7.13. The van der Waals surface area contributed by atoms with Crippen LogP contribution in [0, 0.1) is 0 Å². The quantitative estimate of drug-likeness (QED) is 0.502. The Bertz CT molecular complexity index is 1170. The van der Waals surface area contributed by atoms with E-state index in [0.717, 1.165) is 40.6 Å². The number of nitrogens with zero attached hydrogens (tertiary/aromatic N) is 5. The summed E-state index contributed by atoms with van der Waals surface area (Å²) in [5, 5.41) is 12.4. The maximum Gasteiger partial charge on any atom is 0.141 e. The average molecular weight is 372 g/mol. The molecule has 0 saturated heterocycles. The molecule has 0 unspecified atom stereocenters. The number of thiazole rings is 1. The van der Waals surface area contributed by atoms with Gasteiger partial charge >= 0.3 is 0 Å². The fourth-order valence-electron chi connectivity index (χ4n) is 3.18. The van der Waals surface area contributed by atoms with E-state index in [1.807, 2.05) is 6.07 Å². The Morgan fingerprint density at radius 2 is 2.07 bits per heavy atom. The second-order valence-electron chi connectivity index (χ2n) is 6.26. The van der Waals surface area contributed by atoms with Gasteiger partial charge in [-0.1, -0.05) is 18.2 Å². The number of hydrogen-bond acceptors (Lipinski definition) is 5. The molecule has 1 N–H and O–H groups in total. The highest BCUT2D eigenvalue weighted by atomic mass is 32.1. The molecule has 0 amide bonds. The minimum absolute atomic E-state index is 0.876. The summed E-state index contributed by atoms with van der Waals surface area (Å²) in [6, 6.07) is 8.22. The number of hydrogen-bond donors (Lipinski definition) is 1. The van der Waals surface area contributed by atoms with E-state index in [4.69, 9.17) is 4.98 Å². The summed E-state index contributed by atoms with van der Waals surface area (Å²) in [6.45, 7) is 0.876. The number of nitrogens with one attached hydrogen (secondary N) is 1. The SMILES string of the molecule is c1cc(-c2cnccn2)c2cn(CCc3csc(-c4ccn[nH]4)n3)cc2c1. The van der Waals surface area contributed by atoms with E-state index in [-0.39, 0.29) is 0 Å². The number of aromatic amines is 1. The lowest BCUT2D eigenvalue weighted by atomic mass is 10.1. The van der Waals surface area contributed by atoms with Crippen molar-refractivity contribution < 1.29 is 0 Å². The van der Waals surface area contributed by atoms with Gasteiger partial charge in [0.05, 0.1) is 23.3 Å². The molecule has 0 saturated carbocycles. The fourth-order valence-corrected chi connectivity index (χ4v) is 4.01. The average Bonchev–Trinajstić information content (AvgIpc) is 3.46.